The van der Waals surface area contributed by atoms with E-state index in [0.717, 1.165) is 0 Å². The first-order chi connectivity index (χ1) is 8.08. The van der Waals surface area contributed by atoms with Gasteiger partial charge in [-0.1, -0.05) is 11.6 Å². The maximum Gasteiger partial charge on any atom is 0.275 e. The van der Waals surface area contributed by atoms with E-state index >= 15 is 0 Å². The summed E-state index contributed by atoms with van der Waals surface area (Å²) in [4.78, 5) is 11.9. The molecule has 1 N–H and O–H groups in total. The van der Waals surface area contributed by atoms with Gasteiger partial charge in [-0.2, -0.15) is 5.10 Å². The number of aromatic nitrogens is 2. The molecule has 0 unspecified atom stereocenters. The number of benzene rings is 1. The lowest BCUT2D eigenvalue weighted by molar-refractivity contribution is 0.101. The highest BCUT2D eigenvalue weighted by Gasteiger charge is 2.15. The number of anilines is 1. The number of carbonyl (C=O) groups is 1. The molecule has 1 heterocycles. The molecule has 4 nitrogen and oxygen atoms in total. The van der Waals surface area contributed by atoms with Crippen LogP contribution in [0.4, 0.5) is 10.1 Å². The van der Waals surface area contributed by atoms with Crippen molar-refractivity contribution in [3.05, 3.63) is 47.0 Å². The van der Waals surface area contributed by atoms with Gasteiger partial charge in [-0.25, -0.2) is 4.39 Å². The van der Waals surface area contributed by atoms with Crippen molar-refractivity contribution in [2.24, 2.45) is 7.05 Å². The van der Waals surface area contributed by atoms with E-state index in [4.69, 9.17) is 11.6 Å². The van der Waals surface area contributed by atoms with E-state index in [-0.39, 0.29) is 22.4 Å². The Labute approximate surface area is 102 Å². The zero-order valence-corrected chi connectivity index (χ0v) is 9.70. The van der Waals surface area contributed by atoms with Gasteiger partial charge in [0.1, 0.15) is 11.5 Å². The molecule has 0 saturated carbocycles. The molecule has 0 aliphatic heterocycles. The minimum atomic E-state index is -0.387. The van der Waals surface area contributed by atoms with Crippen molar-refractivity contribution < 1.29 is 9.18 Å². The van der Waals surface area contributed by atoms with Crippen molar-refractivity contribution in [3.8, 4) is 0 Å². The molecule has 1 aromatic carbocycles. The Morgan fingerprint density at radius 1 is 1.41 bits per heavy atom. The SMILES string of the molecule is Cn1ncc(Cl)c1C(=O)Nc1ccc(F)cc1. The maximum atomic E-state index is 12.7. The van der Waals surface area contributed by atoms with Crippen LogP contribution in [0.3, 0.4) is 0 Å². The number of hydrogen-bond acceptors (Lipinski definition) is 2. The van der Waals surface area contributed by atoms with Crippen molar-refractivity contribution in [1.29, 1.82) is 0 Å². The van der Waals surface area contributed by atoms with Crippen molar-refractivity contribution in [2.45, 2.75) is 0 Å². The fraction of sp³-hybridized carbons (Fsp3) is 0.0909. The van der Waals surface area contributed by atoms with Crippen LogP contribution in [0.25, 0.3) is 0 Å². The summed E-state index contributed by atoms with van der Waals surface area (Å²) in [6.07, 6.45) is 1.39. The summed E-state index contributed by atoms with van der Waals surface area (Å²) in [6, 6.07) is 5.47. The number of nitrogens with zero attached hydrogens (tertiary/aromatic N) is 2. The predicted octanol–water partition coefficient (Wildman–Crippen LogP) is 2.46. The molecule has 0 radical (unpaired) electrons. The van der Waals surface area contributed by atoms with Crippen LogP contribution in [0, 0.1) is 5.82 Å². The molecule has 6 heteroatoms. The van der Waals surface area contributed by atoms with Crippen molar-refractivity contribution in [3.63, 3.8) is 0 Å². The van der Waals surface area contributed by atoms with Crippen LogP contribution in [0.15, 0.2) is 30.5 Å². The lowest BCUT2D eigenvalue weighted by Gasteiger charge is -2.05. The highest BCUT2D eigenvalue weighted by molar-refractivity contribution is 6.34. The van der Waals surface area contributed by atoms with Gasteiger partial charge in [0.2, 0.25) is 0 Å². The largest absolute Gasteiger partial charge is 0.321 e. The second-order valence-corrected chi connectivity index (χ2v) is 3.83. The molecular formula is C11H9ClFN3O. The quantitative estimate of drug-likeness (QED) is 0.894. The Balaban J connectivity index is 2.20. The molecular weight excluding hydrogens is 245 g/mol. The molecule has 0 atom stereocenters. The van der Waals surface area contributed by atoms with Crippen LogP contribution in [0.5, 0.6) is 0 Å². The van der Waals surface area contributed by atoms with E-state index < -0.39 is 0 Å². The molecule has 17 heavy (non-hydrogen) atoms. The summed E-state index contributed by atoms with van der Waals surface area (Å²) in [5.41, 5.74) is 0.754. The van der Waals surface area contributed by atoms with E-state index in [1.807, 2.05) is 0 Å². The number of hydrogen-bond donors (Lipinski definition) is 1. The van der Waals surface area contributed by atoms with Crippen LogP contribution in [-0.4, -0.2) is 15.7 Å². The molecule has 0 aliphatic carbocycles. The monoisotopic (exact) mass is 253 g/mol. The average molecular weight is 254 g/mol. The first-order valence-corrected chi connectivity index (χ1v) is 5.20. The zero-order valence-electron chi connectivity index (χ0n) is 8.95. The Morgan fingerprint density at radius 3 is 2.59 bits per heavy atom. The number of amides is 1. The van der Waals surface area contributed by atoms with Crippen LogP contribution in [0.1, 0.15) is 10.5 Å². The third-order valence-electron chi connectivity index (χ3n) is 2.21. The van der Waals surface area contributed by atoms with Gasteiger partial charge in [0.25, 0.3) is 5.91 Å². The zero-order chi connectivity index (χ0) is 12.4. The summed E-state index contributed by atoms with van der Waals surface area (Å²) < 4.78 is 14.1. The normalized spacial score (nSPS) is 10.3. The van der Waals surface area contributed by atoms with Crippen LogP contribution >= 0.6 is 11.6 Å². The molecule has 0 saturated heterocycles. The summed E-state index contributed by atoms with van der Waals surface area (Å²) in [7, 11) is 1.62. The third-order valence-corrected chi connectivity index (χ3v) is 2.49. The van der Waals surface area contributed by atoms with Crippen LogP contribution in [0.2, 0.25) is 5.02 Å². The average Bonchev–Trinajstić information content (AvgIpc) is 2.62. The standard InChI is InChI=1S/C11H9ClFN3O/c1-16-10(9(12)6-14-16)11(17)15-8-4-2-7(13)3-5-8/h2-6H,1H3,(H,15,17). The van der Waals surface area contributed by atoms with Crippen molar-refractivity contribution in [2.75, 3.05) is 5.32 Å². The summed E-state index contributed by atoms with van der Waals surface area (Å²) in [5, 5.41) is 6.73. The molecule has 0 aliphatic rings. The summed E-state index contributed by atoms with van der Waals surface area (Å²) in [5.74, 6) is -0.747. The molecule has 0 spiro atoms. The van der Waals surface area contributed by atoms with Gasteiger partial charge in [0.05, 0.1) is 11.2 Å². The second-order valence-electron chi connectivity index (χ2n) is 3.43. The highest BCUT2D eigenvalue weighted by Crippen LogP contribution is 2.16. The molecule has 1 amide bonds. The summed E-state index contributed by atoms with van der Waals surface area (Å²) >= 11 is 5.83. The van der Waals surface area contributed by atoms with Crippen LogP contribution < -0.4 is 5.32 Å². The van der Waals surface area contributed by atoms with E-state index in [1.54, 1.807) is 7.05 Å². The minimum absolute atomic E-state index is 0.260. The first-order valence-electron chi connectivity index (χ1n) is 4.82. The van der Waals surface area contributed by atoms with Gasteiger partial charge in [-0.05, 0) is 24.3 Å². The number of aryl methyl sites for hydroxylation is 1. The van der Waals surface area contributed by atoms with Crippen LogP contribution in [-0.2, 0) is 7.05 Å². The topological polar surface area (TPSA) is 46.9 Å². The van der Waals surface area contributed by atoms with E-state index in [9.17, 15) is 9.18 Å². The number of nitrogens with one attached hydrogen (secondary N) is 1. The minimum Gasteiger partial charge on any atom is -0.321 e. The van der Waals surface area contributed by atoms with Gasteiger partial charge < -0.3 is 5.32 Å². The fourth-order valence-corrected chi connectivity index (χ4v) is 1.64. The molecule has 88 valence electrons. The number of carbonyl (C=O) groups excluding carboxylic acids is 1. The Morgan fingerprint density at radius 2 is 2.06 bits per heavy atom. The third kappa shape index (κ3) is 2.45. The van der Waals surface area contributed by atoms with Gasteiger partial charge in [0, 0.05) is 12.7 Å². The Kier molecular flexibility index (Phi) is 3.10. The van der Waals surface area contributed by atoms with Crippen molar-refractivity contribution >= 4 is 23.2 Å². The van der Waals surface area contributed by atoms with Crippen molar-refractivity contribution in [1.82, 2.24) is 9.78 Å². The maximum absolute atomic E-state index is 12.7. The molecule has 2 aromatic rings. The fourth-order valence-electron chi connectivity index (χ4n) is 1.39. The van der Waals surface area contributed by atoms with E-state index in [1.165, 1.54) is 35.1 Å². The predicted molar refractivity (Wildman–Crippen MR) is 62.6 cm³/mol. The second kappa shape index (κ2) is 4.55. The van der Waals surface area contributed by atoms with Gasteiger partial charge >= 0.3 is 0 Å². The Hall–Kier alpha value is -1.88. The van der Waals surface area contributed by atoms with Gasteiger partial charge in [0.15, 0.2) is 0 Å². The first kappa shape index (κ1) is 11.6. The Bertz CT molecular complexity index is 531. The summed E-state index contributed by atoms with van der Waals surface area (Å²) in [6.45, 7) is 0. The smallest absolute Gasteiger partial charge is 0.275 e. The lowest BCUT2D eigenvalue weighted by Crippen LogP contribution is -2.16. The molecule has 0 bridgehead atoms. The molecule has 0 fully saturated rings. The van der Waals surface area contributed by atoms with Gasteiger partial charge in [-0.15, -0.1) is 0 Å². The van der Waals surface area contributed by atoms with E-state index in [0.29, 0.717) is 5.69 Å². The molecule has 2 rings (SSSR count). The molecule has 1 aromatic heterocycles. The highest BCUT2D eigenvalue weighted by atomic mass is 35.5. The van der Waals surface area contributed by atoms with E-state index in [2.05, 4.69) is 10.4 Å². The number of rotatable bonds is 2. The lowest BCUT2D eigenvalue weighted by atomic mass is 10.3. The number of halogens is 2. The van der Waals surface area contributed by atoms with Gasteiger partial charge in [-0.3, -0.25) is 9.48 Å².